The normalized spacial score (nSPS) is 21.1. The first kappa shape index (κ1) is 16.2. The summed E-state index contributed by atoms with van der Waals surface area (Å²) in [6.07, 6.45) is 13.6. The standard InChI is InChI=1S/C20H23ClN2/c1-2-15-3-5-16(6-4-15)7-8-17-13-22-20(23-14-17)18-9-11-19(21)12-10-18/h2,9-16H,1,3-8H2. The van der Waals surface area contributed by atoms with Gasteiger partial charge in [0.25, 0.3) is 0 Å². The predicted molar refractivity (Wildman–Crippen MR) is 96.4 cm³/mol. The molecule has 1 heterocycles. The topological polar surface area (TPSA) is 25.8 Å². The van der Waals surface area contributed by atoms with Crippen molar-refractivity contribution in [3.63, 3.8) is 0 Å². The third-order valence-corrected chi connectivity index (χ3v) is 5.13. The first-order valence-electron chi connectivity index (χ1n) is 8.44. The highest BCUT2D eigenvalue weighted by Crippen LogP contribution is 2.32. The van der Waals surface area contributed by atoms with Gasteiger partial charge < -0.3 is 0 Å². The molecule has 0 spiro atoms. The highest BCUT2D eigenvalue weighted by atomic mass is 35.5. The van der Waals surface area contributed by atoms with Crippen LogP contribution in [0.3, 0.4) is 0 Å². The Bertz CT molecular complexity index is 626. The van der Waals surface area contributed by atoms with Crippen molar-refractivity contribution in [2.75, 3.05) is 0 Å². The number of aromatic nitrogens is 2. The summed E-state index contributed by atoms with van der Waals surface area (Å²) in [4.78, 5) is 9.00. The maximum atomic E-state index is 5.91. The van der Waals surface area contributed by atoms with Crippen LogP contribution in [0, 0.1) is 11.8 Å². The minimum Gasteiger partial charge on any atom is -0.236 e. The first-order valence-corrected chi connectivity index (χ1v) is 8.82. The van der Waals surface area contributed by atoms with Crippen LogP contribution >= 0.6 is 11.6 Å². The van der Waals surface area contributed by atoms with Crippen LogP contribution in [-0.2, 0) is 6.42 Å². The molecule has 1 aromatic carbocycles. The molecule has 2 aromatic rings. The monoisotopic (exact) mass is 326 g/mol. The Morgan fingerprint density at radius 2 is 1.70 bits per heavy atom. The number of benzene rings is 1. The van der Waals surface area contributed by atoms with E-state index in [0.29, 0.717) is 0 Å². The van der Waals surface area contributed by atoms with Gasteiger partial charge in [-0.1, -0.05) is 17.7 Å². The smallest absolute Gasteiger partial charge is 0.159 e. The van der Waals surface area contributed by atoms with Crippen molar-refractivity contribution >= 4 is 11.6 Å². The number of hydrogen-bond donors (Lipinski definition) is 0. The van der Waals surface area contributed by atoms with Gasteiger partial charge in [0.1, 0.15) is 0 Å². The Morgan fingerprint density at radius 3 is 2.30 bits per heavy atom. The van der Waals surface area contributed by atoms with Gasteiger partial charge in [0, 0.05) is 23.0 Å². The fraction of sp³-hybridized carbons (Fsp3) is 0.400. The number of hydrogen-bond acceptors (Lipinski definition) is 2. The van der Waals surface area contributed by atoms with E-state index >= 15 is 0 Å². The molecular weight excluding hydrogens is 304 g/mol. The molecule has 0 saturated heterocycles. The number of allylic oxidation sites excluding steroid dienone is 1. The van der Waals surface area contributed by atoms with Gasteiger partial charge in [0.15, 0.2) is 5.82 Å². The number of aryl methyl sites for hydroxylation is 1. The molecule has 1 aliphatic rings. The second-order valence-electron chi connectivity index (χ2n) is 6.48. The average molecular weight is 327 g/mol. The van der Waals surface area contributed by atoms with Crippen LogP contribution in [0.4, 0.5) is 0 Å². The molecule has 2 nitrogen and oxygen atoms in total. The maximum Gasteiger partial charge on any atom is 0.159 e. The molecule has 1 aromatic heterocycles. The summed E-state index contributed by atoms with van der Waals surface area (Å²) >= 11 is 5.91. The largest absolute Gasteiger partial charge is 0.236 e. The predicted octanol–water partition coefficient (Wildman–Crippen LogP) is 5.72. The SMILES string of the molecule is C=CC1CCC(CCc2cnc(-c3ccc(Cl)cc3)nc2)CC1. The lowest BCUT2D eigenvalue weighted by atomic mass is 9.80. The number of rotatable bonds is 5. The molecule has 3 heteroatoms. The summed E-state index contributed by atoms with van der Waals surface area (Å²) in [5.74, 6) is 2.35. The lowest BCUT2D eigenvalue weighted by Crippen LogP contribution is -2.13. The van der Waals surface area contributed by atoms with Crippen molar-refractivity contribution in [1.82, 2.24) is 9.97 Å². The summed E-state index contributed by atoms with van der Waals surface area (Å²) in [7, 11) is 0. The molecule has 1 saturated carbocycles. The van der Waals surface area contributed by atoms with Crippen LogP contribution in [0.5, 0.6) is 0 Å². The zero-order valence-corrected chi connectivity index (χ0v) is 14.2. The molecule has 0 unspecified atom stereocenters. The number of nitrogens with zero attached hydrogens (tertiary/aromatic N) is 2. The highest BCUT2D eigenvalue weighted by Gasteiger charge is 2.18. The van der Waals surface area contributed by atoms with E-state index in [1.165, 1.54) is 37.7 Å². The minimum absolute atomic E-state index is 0.733. The zero-order chi connectivity index (χ0) is 16.1. The first-order chi connectivity index (χ1) is 11.2. The summed E-state index contributed by atoms with van der Waals surface area (Å²) in [6, 6.07) is 7.65. The Balaban J connectivity index is 1.54. The van der Waals surface area contributed by atoms with Gasteiger partial charge in [-0.2, -0.15) is 0 Å². The van der Waals surface area contributed by atoms with E-state index in [0.717, 1.165) is 34.7 Å². The summed E-state index contributed by atoms with van der Waals surface area (Å²) in [5.41, 5.74) is 2.23. The van der Waals surface area contributed by atoms with Crippen LogP contribution in [0.1, 0.15) is 37.7 Å². The van der Waals surface area contributed by atoms with Crippen LogP contribution in [0.2, 0.25) is 5.02 Å². The molecule has 3 rings (SSSR count). The van der Waals surface area contributed by atoms with Crippen molar-refractivity contribution in [3.05, 3.63) is 59.9 Å². The summed E-state index contributed by atoms with van der Waals surface area (Å²) in [6.45, 7) is 3.92. The van der Waals surface area contributed by atoms with Crippen LogP contribution in [-0.4, -0.2) is 9.97 Å². The third-order valence-electron chi connectivity index (χ3n) is 4.87. The van der Waals surface area contributed by atoms with Gasteiger partial charge in [-0.3, -0.25) is 0 Å². The third kappa shape index (κ3) is 4.42. The van der Waals surface area contributed by atoms with Gasteiger partial charge in [0.05, 0.1) is 0 Å². The second-order valence-corrected chi connectivity index (χ2v) is 6.91. The van der Waals surface area contributed by atoms with Gasteiger partial charge in [0.2, 0.25) is 0 Å². The van der Waals surface area contributed by atoms with Crippen LogP contribution in [0.25, 0.3) is 11.4 Å². The van der Waals surface area contributed by atoms with E-state index in [4.69, 9.17) is 11.6 Å². The Kier molecular flexibility index (Phi) is 5.45. The summed E-state index contributed by atoms with van der Waals surface area (Å²) in [5, 5.41) is 0.733. The van der Waals surface area contributed by atoms with Crippen molar-refractivity contribution in [2.45, 2.75) is 38.5 Å². The van der Waals surface area contributed by atoms with E-state index < -0.39 is 0 Å². The van der Waals surface area contributed by atoms with Gasteiger partial charge in [-0.15, -0.1) is 6.58 Å². The molecule has 0 amide bonds. The Hall–Kier alpha value is -1.67. The highest BCUT2D eigenvalue weighted by molar-refractivity contribution is 6.30. The molecular formula is C20H23ClN2. The van der Waals surface area contributed by atoms with E-state index in [2.05, 4.69) is 22.6 Å². The molecule has 0 aliphatic heterocycles. The Morgan fingerprint density at radius 1 is 1.04 bits per heavy atom. The summed E-state index contributed by atoms with van der Waals surface area (Å²) < 4.78 is 0. The van der Waals surface area contributed by atoms with Crippen LogP contribution in [0.15, 0.2) is 49.3 Å². The molecule has 1 fully saturated rings. The van der Waals surface area contributed by atoms with Crippen molar-refractivity contribution in [1.29, 1.82) is 0 Å². The maximum absolute atomic E-state index is 5.91. The van der Waals surface area contributed by atoms with Crippen LogP contribution < -0.4 is 0 Å². The molecule has 23 heavy (non-hydrogen) atoms. The van der Waals surface area contributed by atoms with Crippen molar-refractivity contribution in [2.24, 2.45) is 11.8 Å². The molecule has 1 aliphatic carbocycles. The van der Waals surface area contributed by atoms with E-state index in [9.17, 15) is 0 Å². The Labute approximate surface area is 143 Å². The average Bonchev–Trinajstić information content (AvgIpc) is 2.61. The quantitative estimate of drug-likeness (QED) is 0.656. The molecule has 0 N–H and O–H groups in total. The molecule has 0 radical (unpaired) electrons. The van der Waals surface area contributed by atoms with E-state index in [-0.39, 0.29) is 0 Å². The fourth-order valence-electron chi connectivity index (χ4n) is 3.32. The lowest BCUT2D eigenvalue weighted by molar-refractivity contribution is 0.296. The van der Waals surface area contributed by atoms with Crippen molar-refractivity contribution in [3.8, 4) is 11.4 Å². The van der Waals surface area contributed by atoms with Gasteiger partial charge >= 0.3 is 0 Å². The van der Waals surface area contributed by atoms with Gasteiger partial charge in [-0.25, -0.2) is 9.97 Å². The minimum atomic E-state index is 0.733. The van der Waals surface area contributed by atoms with E-state index in [1.54, 1.807) is 0 Å². The van der Waals surface area contributed by atoms with Crippen molar-refractivity contribution < 1.29 is 0 Å². The second kappa shape index (κ2) is 7.74. The number of halogens is 1. The zero-order valence-electron chi connectivity index (χ0n) is 13.4. The molecule has 0 atom stereocenters. The van der Waals surface area contributed by atoms with E-state index in [1.807, 2.05) is 36.7 Å². The fourth-order valence-corrected chi connectivity index (χ4v) is 3.44. The molecule has 120 valence electrons. The molecule has 0 bridgehead atoms. The van der Waals surface area contributed by atoms with Gasteiger partial charge in [-0.05, 0) is 80.2 Å². The lowest BCUT2D eigenvalue weighted by Gasteiger charge is -2.26.